The standard InChI is InChI=1S/C14H21NO2/c1-3-8-15-12(10-16-2)14-9-11-6-4-5-7-13(11)17-14/h4-7,12,14-15H,3,8-10H2,1-2H3. The average Bonchev–Trinajstić information content (AvgIpc) is 2.78. The highest BCUT2D eigenvalue weighted by atomic mass is 16.5. The monoisotopic (exact) mass is 235 g/mol. The summed E-state index contributed by atoms with van der Waals surface area (Å²) >= 11 is 0. The third kappa shape index (κ3) is 2.99. The Hall–Kier alpha value is -1.06. The molecular weight excluding hydrogens is 214 g/mol. The van der Waals surface area contributed by atoms with Gasteiger partial charge in [0.2, 0.25) is 0 Å². The van der Waals surface area contributed by atoms with Crippen LogP contribution in [-0.4, -0.2) is 32.4 Å². The normalized spacial score (nSPS) is 19.8. The quantitative estimate of drug-likeness (QED) is 0.818. The molecule has 17 heavy (non-hydrogen) atoms. The molecule has 94 valence electrons. The summed E-state index contributed by atoms with van der Waals surface area (Å²) in [4.78, 5) is 0. The number of rotatable bonds is 6. The van der Waals surface area contributed by atoms with Crippen LogP contribution < -0.4 is 10.1 Å². The second kappa shape index (κ2) is 6.03. The van der Waals surface area contributed by atoms with E-state index < -0.39 is 0 Å². The molecular formula is C14H21NO2. The molecule has 3 heteroatoms. The largest absolute Gasteiger partial charge is 0.488 e. The Morgan fingerprint density at radius 2 is 2.29 bits per heavy atom. The summed E-state index contributed by atoms with van der Waals surface area (Å²) in [6.07, 6.45) is 2.29. The molecule has 2 unspecified atom stereocenters. The lowest BCUT2D eigenvalue weighted by molar-refractivity contribution is 0.0973. The van der Waals surface area contributed by atoms with Gasteiger partial charge in [0.15, 0.2) is 0 Å². The first-order valence-corrected chi connectivity index (χ1v) is 6.32. The minimum atomic E-state index is 0.193. The van der Waals surface area contributed by atoms with Crippen LogP contribution in [0.3, 0.4) is 0 Å². The lowest BCUT2D eigenvalue weighted by atomic mass is 10.0. The predicted molar refractivity (Wildman–Crippen MR) is 68.5 cm³/mol. The Kier molecular flexibility index (Phi) is 4.40. The van der Waals surface area contributed by atoms with Crippen molar-refractivity contribution < 1.29 is 9.47 Å². The molecule has 0 amide bonds. The van der Waals surface area contributed by atoms with E-state index in [1.165, 1.54) is 5.56 Å². The van der Waals surface area contributed by atoms with E-state index in [0.29, 0.717) is 6.61 Å². The van der Waals surface area contributed by atoms with Crippen molar-refractivity contribution >= 4 is 0 Å². The summed E-state index contributed by atoms with van der Waals surface area (Å²) in [7, 11) is 1.74. The van der Waals surface area contributed by atoms with Crippen LogP contribution in [0.4, 0.5) is 0 Å². The molecule has 2 atom stereocenters. The molecule has 1 aromatic rings. The molecule has 1 aliphatic heterocycles. The first-order chi connectivity index (χ1) is 8.35. The van der Waals surface area contributed by atoms with Crippen LogP contribution in [0.2, 0.25) is 0 Å². The third-order valence-corrected chi connectivity index (χ3v) is 3.12. The number of para-hydroxylation sites is 1. The molecule has 2 rings (SSSR count). The minimum Gasteiger partial charge on any atom is -0.488 e. The van der Waals surface area contributed by atoms with E-state index in [0.717, 1.165) is 25.1 Å². The van der Waals surface area contributed by atoms with E-state index >= 15 is 0 Å². The number of hydrogen-bond acceptors (Lipinski definition) is 3. The fourth-order valence-corrected chi connectivity index (χ4v) is 2.24. The van der Waals surface area contributed by atoms with Crippen molar-refractivity contribution in [1.29, 1.82) is 0 Å². The summed E-state index contributed by atoms with van der Waals surface area (Å²) in [5.74, 6) is 1.02. The molecule has 1 aromatic carbocycles. The van der Waals surface area contributed by atoms with Crippen LogP contribution in [0.1, 0.15) is 18.9 Å². The summed E-state index contributed by atoms with van der Waals surface area (Å²) in [6, 6.07) is 8.53. The highest BCUT2D eigenvalue weighted by Crippen LogP contribution is 2.29. The van der Waals surface area contributed by atoms with Crippen LogP contribution in [0.15, 0.2) is 24.3 Å². The number of fused-ring (bicyclic) bond motifs is 1. The van der Waals surface area contributed by atoms with Crippen molar-refractivity contribution in [1.82, 2.24) is 5.32 Å². The lowest BCUT2D eigenvalue weighted by Crippen LogP contribution is -2.45. The first-order valence-electron chi connectivity index (χ1n) is 6.32. The second-order valence-electron chi connectivity index (χ2n) is 4.48. The van der Waals surface area contributed by atoms with Gasteiger partial charge in [-0.05, 0) is 24.6 Å². The smallest absolute Gasteiger partial charge is 0.123 e. The van der Waals surface area contributed by atoms with Gasteiger partial charge in [-0.15, -0.1) is 0 Å². The molecule has 3 nitrogen and oxygen atoms in total. The van der Waals surface area contributed by atoms with Crippen molar-refractivity contribution in [2.45, 2.75) is 31.9 Å². The number of methoxy groups -OCH3 is 1. The van der Waals surface area contributed by atoms with Crippen LogP contribution in [-0.2, 0) is 11.2 Å². The fraction of sp³-hybridized carbons (Fsp3) is 0.571. The molecule has 0 aromatic heterocycles. The van der Waals surface area contributed by atoms with Gasteiger partial charge in [-0.25, -0.2) is 0 Å². The number of nitrogens with one attached hydrogen (secondary N) is 1. The third-order valence-electron chi connectivity index (χ3n) is 3.12. The van der Waals surface area contributed by atoms with E-state index in [4.69, 9.17) is 9.47 Å². The lowest BCUT2D eigenvalue weighted by Gasteiger charge is -2.23. The summed E-state index contributed by atoms with van der Waals surface area (Å²) < 4.78 is 11.2. The van der Waals surface area contributed by atoms with Gasteiger partial charge in [0.05, 0.1) is 12.6 Å². The van der Waals surface area contributed by atoms with Gasteiger partial charge in [0.25, 0.3) is 0 Å². The second-order valence-corrected chi connectivity index (χ2v) is 4.48. The molecule has 0 bridgehead atoms. The van der Waals surface area contributed by atoms with Crippen molar-refractivity contribution in [3.63, 3.8) is 0 Å². The fourth-order valence-electron chi connectivity index (χ4n) is 2.24. The molecule has 0 radical (unpaired) electrons. The van der Waals surface area contributed by atoms with Crippen LogP contribution in [0.25, 0.3) is 0 Å². The number of hydrogen-bond donors (Lipinski definition) is 1. The molecule has 0 spiro atoms. The summed E-state index contributed by atoms with van der Waals surface area (Å²) in [5, 5.41) is 3.50. The minimum absolute atomic E-state index is 0.193. The van der Waals surface area contributed by atoms with Gasteiger partial charge in [-0.2, -0.15) is 0 Å². The maximum atomic E-state index is 5.98. The molecule has 0 saturated heterocycles. The molecule has 0 aliphatic carbocycles. The van der Waals surface area contributed by atoms with Crippen molar-refractivity contribution in [2.75, 3.05) is 20.3 Å². The van der Waals surface area contributed by atoms with Crippen LogP contribution >= 0.6 is 0 Å². The zero-order valence-corrected chi connectivity index (χ0v) is 10.6. The van der Waals surface area contributed by atoms with Gasteiger partial charge in [-0.1, -0.05) is 25.1 Å². The summed E-state index contributed by atoms with van der Waals surface area (Å²) in [5.41, 5.74) is 1.30. The molecule has 1 aliphatic rings. The Balaban J connectivity index is 1.98. The Labute approximate surface area is 103 Å². The Morgan fingerprint density at radius 3 is 3.00 bits per heavy atom. The highest BCUT2D eigenvalue weighted by Gasteiger charge is 2.29. The van der Waals surface area contributed by atoms with E-state index in [1.807, 2.05) is 12.1 Å². The van der Waals surface area contributed by atoms with Gasteiger partial charge < -0.3 is 14.8 Å². The van der Waals surface area contributed by atoms with Crippen molar-refractivity contribution in [3.05, 3.63) is 29.8 Å². The van der Waals surface area contributed by atoms with E-state index in [9.17, 15) is 0 Å². The summed E-state index contributed by atoms with van der Waals surface area (Å²) in [6.45, 7) is 3.87. The van der Waals surface area contributed by atoms with Gasteiger partial charge in [-0.3, -0.25) is 0 Å². The van der Waals surface area contributed by atoms with Crippen molar-refractivity contribution in [3.8, 4) is 5.75 Å². The molecule has 0 fully saturated rings. The van der Waals surface area contributed by atoms with Gasteiger partial charge >= 0.3 is 0 Å². The van der Waals surface area contributed by atoms with E-state index in [2.05, 4.69) is 24.4 Å². The van der Waals surface area contributed by atoms with Crippen LogP contribution in [0, 0.1) is 0 Å². The molecule has 1 N–H and O–H groups in total. The number of ether oxygens (including phenoxy) is 2. The van der Waals surface area contributed by atoms with Gasteiger partial charge in [0, 0.05) is 13.5 Å². The molecule has 1 heterocycles. The zero-order chi connectivity index (χ0) is 12.1. The maximum absolute atomic E-state index is 5.98. The highest BCUT2D eigenvalue weighted by molar-refractivity contribution is 5.37. The van der Waals surface area contributed by atoms with Crippen molar-refractivity contribution in [2.24, 2.45) is 0 Å². The average molecular weight is 235 g/mol. The van der Waals surface area contributed by atoms with E-state index in [1.54, 1.807) is 7.11 Å². The molecule has 0 saturated carbocycles. The first kappa shape index (κ1) is 12.4. The predicted octanol–water partition coefficient (Wildman–Crippen LogP) is 2.00. The Bertz CT molecular complexity index is 329. The maximum Gasteiger partial charge on any atom is 0.123 e. The van der Waals surface area contributed by atoms with E-state index in [-0.39, 0.29) is 12.1 Å². The van der Waals surface area contributed by atoms with Crippen LogP contribution in [0.5, 0.6) is 5.75 Å². The zero-order valence-electron chi connectivity index (χ0n) is 10.6. The Morgan fingerprint density at radius 1 is 1.47 bits per heavy atom. The van der Waals surface area contributed by atoms with Gasteiger partial charge in [0.1, 0.15) is 11.9 Å². The SMILES string of the molecule is CCCNC(COC)C1Cc2ccccc2O1. The number of benzene rings is 1. The topological polar surface area (TPSA) is 30.5 Å².